The van der Waals surface area contributed by atoms with Gasteiger partial charge in [0.15, 0.2) is 5.76 Å². The van der Waals surface area contributed by atoms with Gasteiger partial charge < -0.3 is 20.8 Å². The van der Waals surface area contributed by atoms with Crippen molar-refractivity contribution in [3.8, 4) is 0 Å². The number of nitrogens with one attached hydrogen (secondary N) is 2. The normalized spacial score (nSPS) is 22.1. The van der Waals surface area contributed by atoms with E-state index in [4.69, 9.17) is 10.2 Å². The van der Waals surface area contributed by atoms with Crippen LogP contribution in [-0.2, 0) is 4.79 Å². The molecule has 1 aromatic heterocycles. The Hall–Kier alpha value is -1.53. The molecule has 0 aromatic carbocycles. The van der Waals surface area contributed by atoms with Gasteiger partial charge in [0.25, 0.3) is 5.91 Å². The summed E-state index contributed by atoms with van der Waals surface area (Å²) in [6.07, 6.45) is 5.07. The number of halogens is 1. The predicted molar refractivity (Wildman–Crippen MR) is 90.4 cm³/mol. The average Bonchev–Trinajstić information content (AvgIpc) is 3.00. The zero-order valence-electron chi connectivity index (χ0n) is 13.6. The molecule has 130 valence electrons. The Morgan fingerprint density at radius 1 is 1.26 bits per heavy atom. The summed E-state index contributed by atoms with van der Waals surface area (Å²) in [7, 11) is 0. The molecule has 1 unspecified atom stereocenters. The van der Waals surface area contributed by atoms with E-state index in [0.717, 1.165) is 25.7 Å². The van der Waals surface area contributed by atoms with Gasteiger partial charge in [-0.05, 0) is 43.7 Å². The van der Waals surface area contributed by atoms with Crippen LogP contribution >= 0.6 is 12.4 Å². The highest BCUT2D eigenvalue weighted by molar-refractivity contribution is 5.95. The molecule has 0 saturated heterocycles. The summed E-state index contributed by atoms with van der Waals surface area (Å²) in [5.74, 6) is -0.313. The van der Waals surface area contributed by atoms with E-state index >= 15 is 0 Å². The summed E-state index contributed by atoms with van der Waals surface area (Å²) in [4.78, 5) is 24.5. The lowest BCUT2D eigenvalue weighted by Crippen LogP contribution is -2.53. The molecule has 2 rings (SSSR count). The molecule has 1 fully saturated rings. The fraction of sp³-hybridized carbons (Fsp3) is 0.625. The maximum Gasteiger partial charge on any atom is 0.287 e. The van der Waals surface area contributed by atoms with E-state index in [1.54, 1.807) is 12.1 Å². The van der Waals surface area contributed by atoms with Crippen LogP contribution in [0.5, 0.6) is 0 Å². The van der Waals surface area contributed by atoms with Gasteiger partial charge in [0.1, 0.15) is 6.04 Å². The molecule has 1 aromatic rings. The molecule has 1 atom stereocenters. The Bertz CT molecular complexity index is 497. The van der Waals surface area contributed by atoms with E-state index in [1.807, 2.05) is 13.8 Å². The molecule has 0 aliphatic heterocycles. The smallest absolute Gasteiger partial charge is 0.287 e. The second kappa shape index (κ2) is 8.93. The van der Waals surface area contributed by atoms with E-state index in [9.17, 15) is 9.59 Å². The largest absolute Gasteiger partial charge is 0.459 e. The summed E-state index contributed by atoms with van der Waals surface area (Å²) in [6, 6.07) is 3.03. The highest BCUT2D eigenvalue weighted by Crippen LogP contribution is 2.17. The minimum atomic E-state index is -0.576. The first kappa shape index (κ1) is 19.5. The summed E-state index contributed by atoms with van der Waals surface area (Å²) in [5, 5.41) is 5.78. The molecule has 1 aliphatic carbocycles. The molecular weight excluding hydrogens is 318 g/mol. The Balaban J connectivity index is 0.00000264. The van der Waals surface area contributed by atoms with Gasteiger partial charge in [-0.15, -0.1) is 12.4 Å². The number of carbonyl (C=O) groups is 2. The average molecular weight is 344 g/mol. The maximum absolute atomic E-state index is 12.5. The van der Waals surface area contributed by atoms with E-state index in [-0.39, 0.29) is 48.0 Å². The van der Waals surface area contributed by atoms with Crippen molar-refractivity contribution in [3.63, 3.8) is 0 Å². The third-order valence-electron chi connectivity index (χ3n) is 4.10. The van der Waals surface area contributed by atoms with Gasteiger partial charge >= 0.3 is 0 Å². The van der Waals surface area contributed by atoms with Crippen molar-refractivity contribution in [2.24, 2.45) is 11.7 Å². The van der Waals surface area contributed by atoms with Crippen molar-refractivity contribution < 1.29 is 14.0 Å². The van der Waals surface area contributed by atoms with E-state index in [0.29, 0.717) is 0 Å². The number of nitrogens with two attached hydrogens (primary N) is 1. The van der Waals surface area contributed by atoms with E-state index < -0.39 is 6.04 Å². The summed E-state index contributed by atoms with van der Waals surface area (Å²) in [6.45, 7) is 3.81. The van der Waals surface area contributed by atoms with Crippen LogP contribution in [0.1, 0.15) is 50.1 Å². The molecule has 4 N–H and O–H groups in total. The van der Waals surface area contributed by atoms with Gasteiger partial charge in [0, 0.05) is 12.1 Å². The Morgan fingerprint density at radius 2 is 1.91 bits per heavy atom. The maximum atomic E-state index is 12.5. The molecular formula is C16H26ClN3O3. The van der Waals surface area contributed by atoms with Crippen LogP contribution in [-0.4, -0.2) is 29.9 Å². The number of hydrogen-bond acceptors (Lipinski definition) is 4. The van der Waals surface area contributed by atoms with Gasteiger partial charge in [0.05, 0.1) is 6.26 Å². The molecule has 1 heterocycles. The third kappa shape index (κ3) is 5.55. The fourth-order valence-electron chi connectivity index (χ4n) is 2.71. The van der Waals surface area contributed by atoms with Crippen LogP contribution in [0.25, 0.3) is 0 Å². The number of amides is 2. The summed E-state index contributed by atoms with van der Waals surface area (Å²) >= 11 is 0. The van der Waals surface area contributed by atoms with Crippen LogP contribution in [0.2, 0.25) is 0 Å². The molecule has 0 bridgehead atoms. The van der Waals surface area contributed by atoms with Crippen molar-refractivity contribution in [2.75, 3.05) is 0 Å². The third-order valence-corrected chi connectivity index (χ3v) is 4.10. The Morgan fingerprint density at radius 3 is 2.43 bits per heavy atom. The van der Waals surface area contributed by atoms with Crippen molar-refractivity contribution in [3.05, 3.63) is 24.2 Å². The SMILES string of the molecule is CC(C)C(NC(=O)c1ccco1)C(=O)NC1CCC(N)CC1.Cl. The number of hydrogen-bond donors (Lipinski definition) is 3. The van der Waals surface area contributed by atoms with Gasteiger partial charge in [0.2, 0.25) is 5.91 Å². The van der Waals surface area contributed by atoms with Gasteiger partial charge in [-0.1, -0.05) is 13.8 Å². The zero-order valence-corrected chi connectivity index (χ0v) is 14.4. The van der Waals surface area contributed by atoms with Crippen molar-refractivity contribution in [1.29, 1.82) is 0 Å². The van der Waals surface area contributed by atoms with Crippen molar-refractivity contribution >= 4 is 24.2 Å². The number of rotatable bonds is 5. The molecule has 2 amide bonds. The number of furan rings is 1. The molecule has 6 nitrogen and oxygen atoms in total. The lowest BCUT2D eigenvalue weighted by atomic mass is 9.91. The number of carbonyl (C=O) groups excluding carboxylic acids is 2. The Kier molecular flexibility index (Phi) is 7.58. The predicted octanol–water partition coefficient (Wildman–Crippen LogP) is 1.84. The van der Waals surface area contributed by atoms with Crippen molar-refractivity contribution in [2.45, 2.75) is 57.7 Å². The van der Waals surface area contributed by atoms with Crippen LogP contribution < -0.4 is 16.4 Å². The fourth-order valence-corrected chi connectivity index (χ4v) is 2.71. The zero-order chi connectivity index (χ0) is 16.1. The van der Waals surface area contributed by atoms with Gasteiger partial charge in [-0.25, -0.2) is 0 Å². The first-order valence-corrected chi connectivity index (χ1v) is 7.87. The first-order chi connectivity index (χ1) is 10.5. The minimum absolute atomic E-state index is 0. The van der Waals surface area contributed by atoms with E-state index in [2.05, 4.69) is 10.6 Å². The van der Waals surface area contributed by atoms with Gasteiger partial charge in [-0.3, -0.25) is 9.59 Å². The van der Waals surface area contributed by atoms with Crippen molar-refractivity contribution in [1.82, 2.24) is 10.6 Å². The molecule has 0 radical (unpaired) electrons. The molecule has 1 saturated carbocycles. The van der Waals surface area contributed by atoms with Crippen LogP contribution in [0.15, 0.2) is 22.8 Å². The molecule has 0 spiro atoms. The second-order valence-corrected chi connectivity index (χ2v) is 6.29. The second-order valence-electron chi connectivity index (χ2n) is 6.29. The lowest BCUT2D eigenvalue weighted by molar-refractivity contribution is -0.124. The molecule has 1 aliphatic rings. The van der Waals surface area contributed by atoms with Crippen LogP contribution in [0, 0.1) is 5.92 Å². The van der Waals surface area contributed by atoms with E-state index in [1.165, 1.54) is 6.26 Å². The summed E-state index contributed by atoms with van der Waals surface area (Å²) < 4.78 is 5.06. The lowest BCUT2D eigenvalue weighted by Gasteiger charge is -2.29. The standard InChI is InChI=1S/C16H25N3O3.ClH/c1-10(2)14(19-15(20)13-4-3-9-22-13)16(21)18-12-7-5-11(17)6-8-12;/h3-4,9-12,14H,5-8,17H2,1-2H3,(H,18,21)(H,19,20);1H. The molecule has 23 heavy (non-hydrogen) atoms. The van der Waals surface area contributed by atoms with Crippen LogP contribution in [0.3, 0.4) is 0 Å². The Labute approximate surface area is 143 Å². The summed E-state index contributed by atoms with van der Waals surface area (Å²) in [5.41, 5.74) is 5.88. The van der Waals surface area contributed by atoms with Crippen LogP contribution in [0.4, 0.5) is 0 Å². The molecule has 7 heteroatoms. The topological polar surface area (TPSA) is 97.4 Å². The monoisotopic (exact) mass is 343 g/mol. The minimum Gasteiger partial charge on any atom is -0.459 e. The first-order valence-electron chi connectivity index (χ1n) is 7.87. The highest BCUT2D eigenvalue weighted by atomic mass is 35.5. The quantitative estimate of drug-likeness (QED) is 0.759. The van der Waals surface area contributed by atoms with Gasteiger partial charge in [-0.2, -0.15) is 0 Å². The highest BCUT2D eigenvalue weighted by Gasteiger charge is 2.28.